The molecule has 0 bridgehead atoms. The second kappa shape index (κ2) is 12.2. The van der Waals surface area contributed by atoms with Gasteiger partial charge in [0.2, 0.25) is 0 Å². The lowest BCUT2D eigenvalue weighted by Crippen LogP contribution is -2.29. The summed E-state index contributed by atoms with van der Waals surface area (Å²) in [5.41, 5.74) is 0.136. The normalized spacial score (nSPS) is 14.2. The molecule has 0 aliphatic heterocycles. The van der Waals surface area contributed by atoms with Gasteiger partial charge in [-0.1, -0.05) is 20.8 Å². The average molecular weight is 334 g/mol. The van der Waals surface area contributed by atoms with E-state index in [2.05, 4.69) is 20.8 Å². The van der Waals surface area contributed by atoms with Crippen LogP contribution >= 0.6 is 0 Å². The molecule has 0 heterocycles. The predicted molar refractivity (Wildman–Crippen MR) is 92.9 cm³/mol. The summed E-state index contributed by atoms with van der Waals surface area (Å²) in [6.07, 6.45) is 1.66. The molecule has 0 amide bonds. The van der Waals surface area contributed by atoms with Crippen molar-refractivity contribution in [1.29, 1.82) is 0 Å². The van der Waals surface area contributed by atoms with Crippen molar-refractivity contribution in [3.05, 3.63) is 0 Å². The quantitative estimate of drug-likeness (QED) is 0.525. The van der Waals surface area contributed by atoms with Crippen LogP contribution in [-0.4, -0.2) is 63.1 Å². The molecular weight excluding hydrogens is 296 g/mol. The Morgan fingerprint density at radius 1 is 0.739 bits per heavy atom. The van der Waals surface area contributed by atoms with Crippen LogP contribution < -0.4 is 0 Å². The summed E-state index contributed by atoms with van der Waals surface area (Å²) in [5.74, 6) is 0. The highest BCUT2D eigenvalue weighted by Crippen LogP contribution is 2.20. The molecule has 0 spiro atoms. The molecule has 0 aliphatic carbocycles. The van der Waals surface area contributed by atoms with E-state index in [-0.39, 0.29) is 18.8 Å². The highest BCUT2D eigenvalue weighted by Gasteiger charge is 2.13. The number of hydrogen-bond donors (Lipinski definition) is 1. The van der Waals surface area contributed by atoms with Gasteiger partial charge in [0.05, 0.1) is 45.2 Å². The van der Waals surface area contributed by atoms with Crippen molar-refractivity contribution in [2.75, 3.05) is 46.2 Å². The van der Waals surface area contributed by atoms with Crippen LogP contribution in [0.15, 0.2) is 0 Å². The Bertz CT molecular complexity index is 268. The van der Waals surface area contributed by atoms with Crippen molar-refractivity contribution in [2.24, 2.45) is 5.41 Å². The van der Waals surface area contributed by atoms with Crippen LogP contribution in [0.5, 0.6) is 0 Å². The summed E-state index contributed by atoms with van der Waals surface area (Å²) in [4.78, 5) is 0. The van der Waals surface area contributed by atoms with Crippen molar-refractivity contribution in [1.82, 2.24) is 0 Å². The molecule has 0 saturated carbocycles. The number of rotatable bonds is 13. The van der Waals surface area contributed by atoms with Crippen LogP contribution in [0.1, 0.15) is 54.4 Å². The fourth-order valence-corrected chi connectivity index (χ4v) is 1.76. The van der Waals surface area contributed by atoms with Crippen molar-refractivity contribution < 1.29 is 24.1 Å². The lowest BCUT2D eigenvalue weighted by atomic mass is 9.91. The maximum absolute atomic E-state index is 9.68. The monoisotopic (exact) mass is 334 g/mol. The lowest BCUT2D eigenvalue weighted by molar-refractivity contribution is -0.0764. The van der Waals surface area contributed by atoms with Gasteiger partial charge in [-0.3, -0.25) is 0 Å². The zero-order valence-corrected chi connectivity index (χ0v) is 16.0. The van der Waals surface area contributed by atoms with Crippen LogP contribution in [0.4, 0.5) is 0 Å². The Morgan fingerprint density at radius 3 is 1.78 bits per heavy atom. The second-order valence-corrected chi connectivity index (χ2v) is 8.04. The Balaban J connectivity index is 3.24. The number of ether oxygens (including phenoxy) is 4. The third-order valence-corrected chi connectivity index (χ3v) is 2.98. The number of aliphatic hydroxyl groups is 1. The van der Waals surface area contributed by atoms with Gasteiger partial charge < -0.3 is 24.1 Å². The topological polar surface area (TPSA) is 57.2 Å². The predicted octanol–water partition coefficient (Wildman–Crippen LogP) is 3.04. The minimum absolute atomic E-state index is 0.239. The van der Waals surface area contributed by atoms with Gasteiger partial charge in [-0.2, -0.15) is 0 Å². The molecule has 0 radical (unpaired) electrons. The van der Waals surface area contributed by atoms with Gasteiger partial charge >= 0.3 is 0 Å². The smallest absolute Gasteiger partial charge is 0.101 e. The summed E-state index contributed by atoms with van der Waals surface area (Å²) >= 11 is 0. The van der Waals surface area contributed by atoms with Gasteiger partial charge in [0.25, 0.3) is 0 Å². The fourth-order valence-electron chi connectivity index (χ4n) is 1.76. The first-order valence-electron chi connectivity index (χ1n) is 8.65. The molecule has 1 N–H and O–H groups in total. The van der Waals surface area contributed by atoms with Gasteiger partial charge in [-0.15, -0.1) is 0 Å². The zero-order chi connectivity index (χ0) is 17.8. The highest BCUT2D eigenvalue weighted by atomic mass is 16.5. The fraction of sp³-hybridized carbons (Fsp3) is 1.00. The molecule has 0 aromatic heterocycles. The van der Waals surface area contributed by atoms with Crippen LogP contribution in [0.25, 0.3) is 0 Å². The van der Waals surface area contributed by atoms with E-state index in [1.54, 1.807) is 0 Å². The Hall–Kier alpha value is -0.200. The third-order valence-electron chi connectivity index (χ3n) is 2.98. The minimum Gasteiger partial charge on any atom is -0.388 e. The van der Waals surface area contributed by atoms with Crippen molar-refractivity contribution >= 4 is 0 Å². The maximum Gasteiger partial charge on any atom is 0.101 e. The lowest BCUT2D eigenvalue weighted by Gasteiger charge is -2.21. The third kappa shape index (κ3) is 19.8. The molecule has 0 aromatic carbocycles. The van der Waals surface area contributed by atoms with E-state index in [4.69, 9.17) is 18.9 Å². The first-order valence-corrected chi connectivity index (χ1v) is 8.65. The van der Waals surface area contributed by atoms with Gasteiger partial charge in [0.1, 0.15) is 6.10 Å². The summed E-state index contributed by atoms with van der Waals surface area (Å²) in [7, 11) is 0. The average Bonchev–Trinajstić information content (AvgIpc) is 2.40. The van der Waals surface area contributed by atoms with Crippen LogP contribution in [0, 0.1) is 5.41 Å². The van der Waals surface area contributed by atoms with E-state index < -0.39 is 6.10 Å². The molecule has 0 aromatic rings. The minimum atomic E-state index is -0.597. The van der Waals surface area contributed by atoms with Gasteiger partial charge in [-0.25, -0.2) is 0 Å². The Kier molecular flexibility index (Phi) is 12.1. The SMILES string of the molecule is CC(C)(C)CCCOCCOCCOCC(O)COC(C)(C)C. The Labute approximate surface area is 142 Å². The first-order chi connectivity index (χ1) is 10.6. The molecule has 0 fully saturated rings. The van der Waals surface area contributed by atoms with E-state index in [0.29, 0.717) is 31.8 Å². The number of aliphatic hydroxyl groups excluding tert-OH is 1. The van der Waals surface area contributed by atoms with E-state index >= 15 is 0 Å². The molecule has 0 saturated heterocycles. The van der Waals surface area contributed by atoms with Crippen LogP contribution in [0.2, 0.25) is 0 Å². The highest BCUT2D eigenvalue weighted by molar-refractivity contribution is 4.62. The van der Waals surface area contributed by atoms with Gasteiger partial charge in [-0.05, 0) is 39.0 Å². The maximum atomic E-state index is 9.68. The second-order valence-electron chi connectivity index (χ2n) is 8.04. The molecule has 5 nitrogen and oxygen atoms in total. The van der Waals surface area contributed by atoms with Crippen molar-refractivity contribution in [3.63, 3.8) is 0 Å². The van der Waals surface area contributed by atoms with E-state index in [1.807, 2.05) is 20.8 Å². The molecule has 0 rings (SSSR count). The standard InChI is InChI=1S/C18H38O5/c1-17(2,3)8-7-9-20-10-11-21-12-13-22-14-16(19)15-23-18(4,5)6/h16,19H,7-15H2,1-6H3. The van der Waals surface area contributed by atoms with E-state index in [1.165, 1.54) is 6.42 Å². The van der Waals surface area contributed by atoms with Crippen molar-refractivity contribution in [3.8, 4) is 0 Å². The summed E-state index contributed by atoms with van der Waals surface area (Å²) in [6.45, 7) is 16.1. The van der Waals surface area contributed by atoms with Crippen molar-refractivity contribution in [2.45, 2.75) is 66.1 Å². The van der Waals surface area contributed by atoms with E-state index in [9.17, 15) is 5.11 Å². The largest absolute Gasteiger partial charge is 0.388 e. The molecule has 23 heavy (non-hydrogen) atoms. The van der Waals surface area contributed by atoms with Gasteiger partial charge in [0, 0.05) is 6.61 Å². The summed E-state index contributed by atoms with van der Waals surface area (Å²) in [5, 5.41) is 9.68. The van der Waals surface area contributed by atoms with E-state index in [0.717, 1.165) is 13.0 Å². The molecule has 1 unspecified atom stereocenters. The molecule has 140 valence electrons. The van der Waals surface area contributed by atoms with Gasteiger partial charge in [0.15, 0.2) is 0 Å². The van der Waals surface area contributed by atoms with Crippen LogP contribution in [-0.2, 0) is 18.9 Å². The molecule has 0 aliphatic rings. The zero-order valence-electron chi connectivity index (χ0n) is 16.0. The molecular formula is C18H38O5. The van der Waals surface area contributed by atoms with Crippen LogP contribution in [0.3, 0.4) is 0 Å². The summed E-state index contributed by atoms with van der Waals surface area (Å²) in [6, 6.07) is 0. The summed E-state index contributed by atoms with van der Waals surface area (Å²) < 4.78 is 21.8. The number of hydrogen-bond acceptors (Lipinski definition) is 5. The molecule has 1 atom stereocenters. The first kappa shape index (κ1) is 22.8. The Morgan fingerprint density at radius 2 is 1.26 bits per heavy atom. The molecule has 5 heteroatoms.